The maximum atomic E-state index is 13.7. The first-order valence-electron chi connectivity index (χ1n) is 8.62. The second-order valence-electron chi connectivity index (χ2n) is 6.11. The number of alkyl halides is 1. The van der Waals surface area contributed by atoms with Crippen LogP contribution in [0.4, 0.5) is 4.39 Å². The third kappa shape index (κ3) is 5.46. The van der Waals surface area contributed by atoms with Gasteiger partial charge in [-0.05, 0) is 32.6 Å². The molecule has 128 valence electrons. The first-order chi connectivity index (χ1) is 11.6. The van der Waals surface area contributed by atoms with Crippen molar-refractivity contribution in [3.63, 3.8) is 0 Å². The van der Waals surface area contributed by atoms with Gasteiger partial charge >= 0.3 is 0 Å². The first-order valence-corrected chi connectivity index (χ1v) is 10.5. The van der Waals surface area contributed by atoms with E-state index in [1.54, 1.807) is 6.92 Å². The molecule has 0 saturated heterocycles. The van der Waals surface area contributed by atoms with E-state index in [-0.39, 0.29) is 0 Å². The number of hydrogen-bond donors (Lipinski definition) is 0. The standard InChI is InChI=1S/C21H26FOP/c1-19(22)13-7-3-2-4-12-18-24(23,20-14-8-5-9-15-20)21-16-10-6-11-17-21/h2,4-6,8-11,14-17,19H,3,7,12-13,18H2,1H3/b4-2-/t19-/m0/s1. The fourth-order valence-corrected chi connectivity index (χ4v) is 5.39. The molecule has 0 heterocycles. The quantitative estimate of drug-likeness (QED) is 0.335. The maximum absolute atomic E-state index is 13.7. The summed E-state index contributed by atoms with van der Waals surface area (Å²) >= 11 is 0. The van der Waals surface area contributed by atoms with Crippen LogP contribution in [0.25, 0.3) is 0 Å². The summed E-state index contributed by atoms with van der Waals surface area (Å²) in [5.74, 6) is 0. The molecule has 2 aromatic rings. The van der Waals surface area contributed by atoms with Gasteiger partial charge in [0.15, 0.2) is 0 Å². The lowest BCUT2D eigenvalue weighted by molar-refractivity contribution is 0.335. The van der Waals surface area contributed by atoms with E-state index in [4.69, 9.17) is 0 Å². The van der Waals surface area contributed by atoms with Crippen LogP contribution in [0.1, 0.15) is 32.6 Å². The average molecular weight is 344 g/mol. The monoisotopic (exact) mass is 344 g/mol. The Morgan fingerprint density at radius 1 is 0.917 bits per heavy atom. The van der Waals surface area contributed by atoms with E-state index in [9.17, 15) is 8.96 Å². The molecule has 24 heavy (non-hydrogen) atoms. The molecule has 0 amide bonds. The summed E-state index contributed by atoms with van der Waals surface area (Å²) in [5, 5.41) is 1.83. The molecule has 0 aliphatic carbocycles. The van der Waals surface area contributed by atoms with Crippen LogP contribution in [0.15, 0.2) is 72.8 Å². The van der Waals surface area contributed by atoms with Crippen molar-refractivity contribution in [2.45, 2.75) is 38.8 Å². The molecular weight excluding hydrogens is 318 g/mol. The minimum atomic E-state index is -2.61. The van der Waals surface area contributed by atoms with E-state index in [1.807, 2.05) is 60.7 Å². The Labute approximate surface area is 145 Å². The number of hydrogen-bond acceptors (Lipinski definition) is 1. The Kier molecular flexibility index (Phi) is 7.46. The van der Waals surface area contributed by atoms with Crippen LogP contribution in [-0.2, 0) is 4.57 Å². The van der Waals surface area contributed by atoms with Crippen LogP contribution in [-0.4, -0.2) is 12.3 Å². The summed E-state index contributed by atoms with van der Waals surface area (Å²) in [7, 11) is -2.61. The van der Waals surface area contributed by atoms with E-state index < -0.39 is 13.3 Å². The Bertz CT molecular complexity index is 621. The molecule has 0 bridgehead atoms. The number of benzene rings is 2. The van der Waals surface area contributed by atoms with E-state index in [2.05, 4.69) is 12.2 Å². The first kappa shape index (κ1) is 18.7. The molecule has 0 spiro atoms. The third-order valence-corrected chi connectivity index (χ3v) is 7.25. The lowest BCUT2D eigenvalue weighted by Crippen LogP contribution is -2.18. The van der Waals surface area contributed by atoms with Gasteiger partial charge in [-0.15, -0.1) is 0 Å². The molecule has 1 nitrogen and oxygen atoms in total. The highest BCUT2D eigenvalue weighted by atomic mass is 31.2. The van der Waals surface area contributed by atoms with E-state index in [1.165, 1.54) is 0 Å². The molecule has 0 saturated carbocycles. The fraction of sp³-hybridized carbons (Fsp3) is 0.333. The summed E-state index contributed by atoms with van der Waals surface area (Å²) in [6.07, 6.45) is 7.19. The summed E-state index contributed by atoms with van der Waals surface area (Å²) in [6, 6.07) is 19.5. The minimum absolute atomic E-state index is 0.608. The Balaban J connectivity index is 2.03. The molecule has 2 aromatic carbocycles. The molecule has 3 heteroatoms. The van der Waals surface area contributed by atoms with Crippen molar-refractivity contribution < 1.29 is 8.96 Å². The van der Waals surface area contributed by atoms with E-state index in [0.717, 1.165) is 29.9 Å². The number of halogens is 1. The lowest BCUT2D eigenvalue weighted by atomic mass is 10.2. The van der Waals surface area contributed by atoms with Crippen molar-refractivity contribution >= 4 is 17.8 Å². The topological polar surface area (TPSA) is 17.1 Å². The van der Waals surface area contributed by atoms with Gasteiger partial charge < -0.3 is 4.57 Å². The van der Waals surface area contributed by atoms with Crippen LogP contribution >= 0.6 is 7.14 Å². The summed E-state index contributed by atoms with van der Waals surface area (Å²) in [5.41, 5.74) is 0. The van der Waals surface area contributed by atoms with Gasteiger partial charge in [0.25, 0.3) is 0 Å². The molecule has 0 N–H and O–H groups in total. The summed E-state index contributed by atoms with van der Waals surface area (Å²) in [6.45, 7) is 1.60. The highest BCUT2D eigenvalue weighted by Gasteiger charge is 2.25. The second kappa shape index (κ2) is 9.59. The molecule has 0 unspecified atom stereocenters. The van der Waals surface area contributed by atoms with Crippen molar-refractivity contribution in [1.82, 2.24) is 0 Å². The molecule has 0 aliphatic rings. The smallest absolute Gasteiger partial charge is 0.143 e. The average Bonchev–Trinajstić information content (AvgIpc) is 2.62. The summed E-state index contributed by atoms with van der Waals surface area (Å²) in [4.78, 5) is 0. The molecule has 0 aliphatic heterocycles. The van der Waals surface area contributed by atoms with E-state index >= 15 is 0 Å². The Morgan fingerprint density at radius 3 is 1.92 bits per heavy atom. The predicted molar refractivity (Wildman–Crippen MR) is 103 cm³/mol. The van der Waals surface area contributed by atoms with Gasteiger partial charge in [0.1, 0.15) is 7.14 Å². The van der Waals surface area contributed by atoms with Gasteiger partial charge in [-0.1, -0.05) is 72.8 Å². The Morgan fingerprint density at radius 2 is 1.42 bits per heavy atom. The third-order valence-electron chi connectivity index (χ3n) is 4.10. The van der Waals surface area contributed by atoms with Crippen LogP contribution in [0, 0.1) is 0 Å². The highest BCUT2D eigenvalue weighted by Crippen LogP contribution is 2.43. The van der Waals surface area contributed by atoms with Gasteiger partial charge in [-0.2, -0.15) is 0 Å². The summed E-state index contributed by atoms with van der Waals surface area (Å²) < 4.78 is 26.5. The number of rotatable bonds is 9. The van der Waals surface area contributed by atoms with Crippen LogP contribution in [0.2, 0.25) is 0 Å². The fourth-order valence-electron chi connectivity index (χ4n) is 2.75. The zero-order chi connectivity index (χ0) is 17.3. The molecule has 1 atom stereocenters. The number of allylic oxidation sites excluding steroid dienone is 2. The molecule has 2 rings (SSSR count). The molecular formula is C21H26FOP. The van der Waals surface area contributed by atoms with Gasteiger partial charge in [0.2, 0.25) is 0 Å². The van der Waals surface area contributed by atoms with Crippen LogP contribution in [0.5, 0.6) is 0 Å². The zero-order valence-electron chi connectivity index (χ0n) is 14.3. The normalized spacial score (nSPS) is 13.2. The SMILES string of the molecule is C[C@H](F)CCC/C=C\CCP(=O)(c1ccccc1)c1ccccc1. The van der Waals surface area contributed by atoms with Crippen LogP contribution < -0.4 is 10.6 Å². The maximum Gasteiger partial charge on any atom is 0.143 e. The molecule has 0 radical (unpaired) electrons. The van der Waals surface area contributed by atoms with Gasteiger partial charge in [0.05, 0.1) is 6.17 Å². The van der Waals surface area contributed by atoms with Crippen molar-refractivity contribution in [1.29, 1.82) is 0 Å². The predicted octanol–water partition coefficient (Wildman–Crippen LogP) is 5.48. The van der Waals surface area contributed by atoms with Gasteiger partial charge in [0, 0.05) is 16.8 Å². The molecule has 0 fully saturated rings. The number of unbranched alkanes of at least 4 members (excludes halogenated alkanes) is 1. The van der Waals surface area contributed by atoms with Crippen molar-refractivity contribution in [2.24, 2.45) is 0 Å². The van der Waals surface area contributed by atoms with Crippen molar-refractivity contribution in [3.8, 4) is 0 Å². The highest BCUT2D eigenvalue weighted by molar-refractivity contribution is 7.78. The van der Waals surface area contributed by atoms with E-state index in [0.29, 0.717) is 12.6 Å². The lowest BCUT2D eigenvalue weighted by Gasteiger charge is -2.18. The van der Waals surface area contributed by atoms with Crippen LogP contribution in [0.3, 0.4) is 0 Å². The minimum Gasteiger partial charge on any atom is -0.314 e. The molecule has 0 aromatic heterocycles. The Hall–Kier alpha value is -1.66. The zero-order valence-corrected chi connectivity index (χ0v) is 15.2. The largest absolute Gasteiger partial charge is 0.314 e. The van der Waals surface area contributed by atoms with Crippen molar-refractivity contribution in [2.75, 3.05) is 6.16 Å². The van der Waals surface area contributed by atoms with Gasteiger partial charge in [-0.3, -0.25) is 0 Å². The second-order valence-corrected chi connectivity index (χ2v) is 9.07. The van der Waals surface area contributed by atoms with Gasteiger partial charge in [-0.25, -0.2) is 4.39 Å². The van der Waals surface area contributed by atoms with Crippen molar-refractivity contribution in [3.05, 3.63) is 72.8 Å².